The summed E-state index contributed by atoms with van der Waals surface area (Å²) >= 11 is 5.43. The van der Waals surface area contributed by atoms with Gasteiger partial charge in [0.05, 0.1) is 22.1 Å². The molecule has 4 nitrogen and oxygen atoms in total. The standard InChI is InChI=1S/C11H13ClF3NO3S/c1-7(6-19-2)16-20(17,18)8-3-4-10(12)9(5-8)11(13,14)15/h3-5,7,16H,6H2,1-2H3/t7-/m0/s1. The van der Waals surface area contributed by atoms with Crippen LogP contribution in [0.3, 0.4) is 0 Å². The third-order valence-electron chi connectivity index (χ3n) is 2.33. The Bertz CT molecular complexity index is 575. The molecule has 0 aromatic heterocycles. The average Bonchev–Trinajstić information content (AvgIpc) is 2.27. The van der Waals surface area contributed by atoms with Crippen LogP contribution >= 0.6 is 11.6 Å². The van der Waals surface area contributed by atoms with Crippen LogP contribution in [0.5, 0.6) is 0 Å². The van der Waals surface area contributed by atoms with E-state index < -0.39 is 37.7 Å². The van der Waals surface area contributed by atoms with Gasteiger partial charge in [0.15, 0.2) is 0 Å². The fraction of sp³-hybridized carbons (Fsp3) is 0.455. The first kappa shape index (κ1) is 17.2. The molecule has 1 atom stereocenters. The average molecular weight is 332 g/mol. The molecule has 20 heavy (non-hydrogen) atoms. The number of halogens is 4. The number of nitrogens with one attached hydrogen (secondary N) is 1. The summed E-state index contributed by atoms with van der Waals surface area (Å²) in [5.41, 5.74) is -1.19. The Balaban J connectivity index is 3.14. The number of hydrogen-bond acceptors (Lipinski definition) is 3. The van der Waals surface area contributed by atoms with Crippen molar-refractivity contribution in [2.75, 3.05) is 13.7 Å². The Kier molecular flexibility index (Phi) is 5.42. The minimum Gasteiger partial charge on any atom is -0.383 e. The summed E-state index contributed by atoms with van der Waals surface area (Å²) in [6.45, 7) is 1.63. The van der Waals surface area contributed by atoms with Crippen LogP contribution < -0.4 is 4.72 Å². The molecule has 0 aliphatic carbocycles. The van der Waals surface area contributed by atoms with Crippen LogP contribution in [0.2, 0.25) is 5.02 Å². The summed E-state index contributed by atoms with van der Waals surface area (Å²) in [5, 5.41) is -0.554. The van der Waals surface area contributed by atoms with Crippen molar-refractivity contribution in [1.29, 1.82) is 0 Å². The van der Waals surface area contributed by atoms with Crippen molar-refractivity contribution in [3.63, 3.8) is 0 Å². The van der Waals surface area contributed by atoms with Gasteiger partial charge in [-0.2, -0.15) is 13.2 Å². The lowest BCUT2D eigenvalue weighted by Gasteiger charge is -2.15. The Morgan fingerprint density at radius 1 is 1.40 bits per heavy atom. The van der Waals surface area contributed by atoms with Gasteiger partial charge in [-0.05, 0) is 25.1 Å². The normalized spacial score (nSPS) is 14.3. The molecule has 0 radical (unpaired) electrons. The van der Waals surface area contributed by atoms with Gasteiger partial charge in [-0.3, -0.25) is 0 Å². The van der Waals surface area contributed by atoms with Gasteiger partial charge in [0.25, 0.3) is 0 Å². The number of hydrogen-bond donors (Lipinski definition) is 1. The molecule has 0 amide bonds. The smallest absolute Gasteiger partial charge is 0.383 e. The SMILES string of the molecule is COC[C@H](C)NS(=O)(=O)c1ccc(Cl)c(C(F)(F)F)c1. The van der Waals surface area contributed by atoms with Gasteiger partial charge in [-0.15, -0.1) is 0 Å². The molecule has 0 spiro atoms. The molecule has 0 saturated carbocycles. The molecule has 1 aromatic rings. The summed E-state index contributed by atoms with van der Waals surface area (Å²) in [6, 6.07) is 1.85. The molecule has 0 saturated heterocycles. The van der Waals surface area contributed by atoms with Crippen molar-refractivity contribution >= 4 is 21.6 Å². The van der Waals surface area contributed by atoms with E-state index >= 15 is 0 Å². The molecule has 114 valence electrons. The van der Waals surface area contributed by atoms with Gasteiger partial charge in [0.1, 0.15) is 0 Å². The van der Waals surface area contributed by atoms with Crippen molar-refractivity contribution in [2.45, 2.75) is 24.0 Å². The lowest BCUT2D eigenvalue weighted by atomic mass is 10.2. The molecule has 0 bridgehead atoms. The zero-order chi connectivity index (χ0) is 15.6. The fourth-order valence-corrected chi connectivity index (χ4v) is 2.98. The molecule has 0 aliphatic heterocycles. The first-order valence-electron chi connectivity index (χ1n) is 5.46. The summed E-state index contributed by atoms with van der Waals surface area (Å²) < 4.78 is 68.9. The third-order valence-corrected chi connectivity index (χ3v) is 4.24. The third kappa shape index (κ3) is 4.34. The van der Waals surface area contributed by atoms with Crippen molar-refractivity contribution in [3.05, 3.63) is 28.8 Å². The molecule has 1 N–H and O–H groups in total. The van der Waals surface area contributed by atoms with Crippen LogP contribution in [-0.4, -0.2) is 28.2 Å². The van der Waals surface area contributed by atoms with Crippen molar-refractivity contribution in [2.24, 2.45) is 0 Å². The van der Waals surface area contributed by atoms with Crippen LogP contribution in [0, 0.1) is 0 Å². The number of methoxy groups -OCH3 is 1. The number of ether oxygens (including phenoxy) is 1. The first-order chi connectivity index (χ1) is 9.08. The minimum absolute atomic E-state index is 0.0962. The molecule has 0 fully saturated rings. The first-order valence-corrected chi connectivity index (χ1v) is 7.32. The monoisotopic (exact) mass is 331 g/mol. The van der Waals surface area contributed by atoms with Gasteiger partial charge in [0.2, 0.25) is 10.0 Å². The molecule has 0 aliphatic rings. The second-order valence-electron chi connectivity index (χ2n) is 4.12. The number of rotatable bonds is 5. The second kappa shape index (κ2) is 6.30. The van der Waals surface area contributed by atoms with E-state index in [0.29, 0.717) is 6.07 Å². The molecular formula is C11H13ClF3NO3S. The van der Waals surface area contributed by atoms with Crippen LogP contribution in [0.25, 0.3) is 0 Å². The molecular weight excluding hydrogens is 319 g/mol. The Hall–Kier alpha value is -0.830. The van der Waals surface area contributed by atoms with Crippen LogP contribution in [0.1, 0.15) is 12.5 Å². The molecule has 0 heterocycles. The largest absolute Gasteiger partial charge is 0.417 e. The summed E-state index contributed by atoms with van der Waals surface area (Å²) in [7, 11) is -2.69. The minimum atomic E-state index is -4.72. The van der Waals surface area contributed by atoms with Crippen molar-refractivity contribution in [1.82, 2.24) is 4.72 Å². The molecule has 1 aromatic carbocycles. The predicted molar refractivity (Wildman–Crippen MR) is 68.1 cm³/mol. The molecule has 0 unspecified atom stereocenters. The number of benzene rings is 1. The van der Waals surface area contributed by atoms with Gasteiger partial charge in [-0.25, -0.2) is 13.1 Å². The highest BCUT2D eigenvalue weighted by atomic mass is 35.5. The topological polar surface area (TPSA) is 55.4 Å². The van der Waals surface area contributed by atoms with E-state index in [1.54, 1.807) is 0 Å². The van der Waals surface area contributed by atoms with E-state index in [0.717, 1.165) is 12.1 Å². The van der Waals surface area contributed by atoms with Crippen LogP contribution in [0.4, 0.5) is 13.2 Å². The Morgan fingerprint density at radius 2 is 2.00 bits per heavy atom. The highest BCUT2D eigenvalue weighted by molar-refractivity contribution is 7.89. The molecule has 9 heteroatoms. The highest BCUT2D eigenvalue weighted by Crippen LogP contribution is 2.35. The highest BCUT2D eigenvalue weighted by Gasteiger charge is 2.34. The van der Waals surface area contributed by atoms with Crippen molar-refractivity contribution in [3.8, 4) is 0 Å². The number of alkyl halides is 3. The van der Waals surface area contributed by atoms with Crippen LogP contribution in [0.15, 0.2) is 23.1 Å². The van der Waals surface area contributed by atoms with Gasteiger partial charge in [0, 0.05) is 13.2 Å². The quantitative estimate of drug-likeness (QED) is 0.902. The summed E-state index contributed by atoms with van der Waals surface area (Å²) in [4.78, 5) is -0.503. The maximum atomic E-state index is 12.7. The number of sulfonamides is 1. The molecule has 1 rings (SSSR count). The van der Waals surface area contributed by atoms with E-state index in [9.17, 15) is 21.6 Å². The van der Waals surface area contributed by atoms with E-state index in [4.69, 9.17) is 16.3 Å². The van der Waals surface area contributed by atoms with E-state index in [2.05, 4.69) is 4.72 Å². The van der Waals surface area contributed by atoms with Gasteiger partial charge >= 0.3 is 6.18 Å². The van der Waals surface area contributed by atoms with E-state index in [-0.39, 0.29) is 6.61 Å². The maximum absolute atomic E-state index is 12.7. The summed E-state index contributed by atoms with van der Waals surface area (Å²) in [5.74, 6) is 0. The van der Waals surface area contributed by atoms with Crippen LogP contribution in [-0.2, 0) is 20.9 Å². The van der Waals surface area contributed by atoms with Crippen molar-refractivity contribution < 1.29 is 26.3 Å². The second-order valence-corrected chi connectivity index (χ2v) is 6.24. The maximum Gasteiger partial charge on any atom is 0.417 e. The fourth-order valence-electron chi connectivity index (χ4n) is 1.51. The predicted octanol–water partition coefficient (Wildman–Crippen LogP) is 2.67. The zero-order valence-corrected chi connectivity index (χ0v) is 12.2. The summed E-state index contributed by atoms with van der Waals surface area (Å²) in [6.07, 6.45) is -4.72. The Labute approximate surface area is 119 Å². The van der Waals surface area contributed by atoms with E-state index in [1.807, 2.05) is 0 Å². The lowest BCUT2D eigenvalue weighted by molar-refractivity contribution is -0.137. The lowest BCUT2D eigenvalue weighted by Crippen LogP contribution is -2.35. The Morgan fingerprint density at radius 3 is 2.50 bits per heavy atom. The zero-order valence-electron chi connectivity index (χ0n) is 10.7. The van der Waals surface area contributed by atoms with Gasteiger partial charge < -0.3 is 4.74 Å². The van der Waals surface area contributed by atoms with Gasteiger partial charge in [-0.1, -0.05) is 11.6 Å². The van der Waals surface area contributed by atoms with E-state index in [1.165, 1.54) is 14.0 Å².